The van der Waals surface area contributed by atoms with E-state index in [4.69, 9.17) is 5.11 Å². The minimum Gasteiger partial charge on any atom is -0.481 e. The molecule has 116 valence electrons. The first kappa shape index (κ1) is 16.2. The zero-order valence-corrected chi connectivity index (χ0v) is 13.5. The third kappa shape index (κ3) is 3.92. The highest BCUT2D eigenvalue weighted by atomic mass is 32.1. The minimum atomic E-state index is -0.927. The fourth-order valence-corrected chi connectivity index (χ4v) is 2.86. The molecule has 1 amide bonds. The van der Waals surface area contributed by atoms with Crippen LogP contribution in [0.4, 0.5) is 5.69 Å². The van der Waals surface area contributed by atoms with E-state index in [9.17, 15) is 9.59 Å². The van der Waals surface area contributed by atoms with Crippen LogP contribution in [-0.4, -0.2) is 22.0 Å². The van der Waals surface area contributed by atoms with Gasteiger partial charge in [-0.2, -0.15) is 0 Å². The summed E-state index contributed by atoms with van der Waals surface area (Å²) in [6, 6.07) is 5.88. The number of aliphatic carboxylic acids is 1. The SMILES string of the molecule is Cc1ccc(C)c(NC(=O)C(C)c2nc(CC(=O)O)cs2)c1. The number of carbonyl (C=O) groups is 2. The van der Waals surface area contributed by atoms with Crippen molar-refractivity contribution in [3.8, 4) is 0 Å². The molecule has 6 heteroatoms. The molecule has 0 radical (unpaired) electrons. The quantitative estimate of drug-likeness (QED) is 0.887. The van der Waals surface area contributed by atoms with Crippen LogP contribution in [0.5, 0.6) is 0 Å². The Morgan fingerprint density at radius 3 is 2.77 bits per heavy atom. The molecule has 0 saturated heterocycles. The van der Waals surface area contributed by atoms with Crippen LogP contribution in [0.1, 0.15) is 34.7 Å². The number of aromatic nitrogens is 1. The highest BCUT2D eigenvalue weighted by Gasteiger charge is 2.20. The number of thiazole rings is 1. The molecule has 2 aromatic rings. The summed E-state index contributed by atoms with van der Waals surface area (Å²) in [5.41, 5.74) is 3.35. The summed E-state index contributed by atoms with van der Waals surface area (Å²) in [7, 11) is 0. The maximum Gasteiger partial charge on any atom is 0.309 e. The summed E-state index contributed by atoms with van der Waals surface area (Å²) in [6.07, 6.45) is -0.123. The van der Waals surface area contributed by atoms with Gasteiger partial charge in [0.15, 0.2) is 0 Å². The van der Waals surface area contributed by atoms with E-state index in [1.165, 1.54) is 11.3 Å². The molecule has 0 spiro atoms. The number of hydrogen-bond acceptors (Lipinski definition) is 4. The first-order valence-electron chi connectivity index (χ1n) is 6.91. The van der Waals surface area contributed by atoms with Gasteiger partial charge in [0.25, 0.3) is 0 Å². The van der Waals surface area contributed by atoms with Crippen molar-refractivity contribution in [2.75, 3.05) is 5.32 Å². The number of carboxylic acids is 1. The smallest absolute Gasteiger partial charge is 0.309 e. The van der Waals surface area contributed by atoms with Gasteiger partial charge in [0.05, 0.1) is 18.0 Å². The minimum absolute atomic E-state index is 0.123. The van der Waals surface area contributed by atoms with Crippen molar-refractivity contribution >= 4 is 28.9 Å². The second kappa shape index (κ2) is 6.70. The van der Waals surface area contributed by atoms with E-state index in [-0.39, 0.29) is 12.3 Å². The molecule has 0 fully saturated rings. The average molecular weight is 318 g/mol. The van der Waals surface area contributed by atoms with E-state index in [0.29, 0.717) is 10.7 Å². The normalized spacial score (nSPS) is 12.0. The van der Waals surface area contributed by atoms with Gasteiger partial charge in [-0.05, 0) is 38.0 Å². The molecule has 0 saturated carbocycles. The fraction of sp³-hybridized carbons (Fsp3) is 0.312. The maximum absolute atomic E-state index is 12.3. The van der Waals surface area contributed by atoms with Crippen molar-refractivity contribution in [3.63, 3.8) is 0 Å². The van der Waals surface area contributed by atoms with Gasteiger partial charge in [-0.15, -0.1) is 11.3 Å². The van der Waals surface area contributed by atoms with Gasteiger partial charge < -0.3 is 10.4 Å². The number of benzene rings is 1. The van der Waals surface area contributed by atoms with E-state index in [1.54, 1.807) is 12.3 Å². The first-order chi connectivity index (χ1) is 10.4. The molecule has 22 heavy (non-hydrogen) atoms. The number of carbonyl (C=O) groups excluding carboxylic acids is 1. The largest absolute Gasteiger partial charge is 0.481 e. The molecule has 1 heterocycles. The third-order valence-corrected chi connectivity index (χ3v) is 4.39. The number of anilines is 1. The second-order valence-electron chi connectivity index (χ2n) is 5.28. The predicted molar refractivity (Wildman–Crippen MR) is 86.4 cm³/mol. The van der Waals surface area contributed by atoms with Crippen molar-refractivity contribution in [3.05, 3.63) is 45.4 Å². The first-order valence-corrected chi connectivity index (χ1v) is 7.79. The number of rotatable bonds is 5. The van der Waals surface area contributed by atoms with E-state index < -0.39 is 11.9 Å². The molecule has 0 aliphatic carbocycles. The Bertz CT molecular complexity index is 709. The van der Waals surface area contributed by atoms with Gasteiger partial charge >= 0.3 is 5.97 Å². The lowest BCUT2D eigenvalue weighted by Crippen LogP contribution is -2.19. The zero-order valence-electron chi connectivity index (χ0n) is 12.7. The molecular formula is C16H18N2O3S. The molecule has 0 bridgehead atoms. The molecule has 0 aliphatic rings. The lowest BCUT2D eigenvalue weighted by Gasteiger charge is -2.12. The van der Waals surface area contributed by atoms with Crippen LogP contribution in [0.3, 0.4) is 0 Å². The van der Waals surface area contributed by atoms with E-state index in [2.05, 4.69) is 10.3 Å². The van der Waals surface area contributed by atoms with Gasteiger partial charge in [0.1, 0.15) is 5.01 Å². The molecule has 1 unspecified atom stereocenters. The molecule has 1 atom stereocenters. The number of hydrogen-bond donors (Lipinski definition) is 2. The number of nitrogens with zero attached hydrogens (tertiary/aromatic N) is 1. The van der Waals surface area contributed by atoms with Crippen LogP contribution in [-0.2, 0) is 16.0 Å². The van der Waals surface area contributed by atoms with Gasteiger partial charge in [-0.1, -0.05) is 12.1 Å². The highest BCUT2D eigenvalue weighted by Crippen LogP contribution is 2.23. The van der Waals surface area contributed by atoms with Crippen LogP contribution in [0.25, 0.3) is 0 Å². The molecule has 1 aromatic carbocycles. The Hall–Kier alpha value is -2.21. The maximum atomic E-state index is 12.3. The number of amides is 1. The molecule has 5 nitrogen and oxygen atoms in total. The monoisotopic (exact) mass is 318 g/mol. The van der Waals surface area contributed by atoms with Crippen molar-refractivity contribution in [2.45, 2.75) is 33.1 Å². The number of aryl methyl sites for hydroxylation is 2. The predicted octanol–water partition coefficient (Wildman–Crippen LogP) is 3.13. The topological polar surface area (TPSA) is 79.3 Å². The molecule has 2 N–H and O–H groups in total. The Morgan fingerprint density at radius 2 is 2.09 bits per heavy atom. The standard InChI is InChI=1S/C16H18N2O3S/c1-9-4-5-10(2)13(6-9)18-15(21)11(3)16-17-12(8-22-16)7-14(19)20/h4-6,8,11H,7H2,1-3H3,(H,18,21)(H,19,20). The van der Waals surface area contributed by atoms with Gasteiger partial charge in [0, 0.05) is 11.1 Å². The summed E-state index contributed by atoms with van der Waals surface area (Å²) in [5, 5.41) is 14.0. The van der Waals surface area contributed by atoms with E-state index in [1.807, 2.05) is 32.0 Å². The molecule has 0 aliphatic heterocycles. The zero-order chi connectivity index (χ0) is 16.3. The van der Waals surface area contributed by atoms with Gasteiger partial charge in [0.2, 0.25) is 5.91 Å². The lowest BCUT2D eigenvalue weighted by molar-refractivity contribution is -0.136. The van der Waals surface area contributed by atoms with Crippen molar-refractivity contribution in [1.29, 1.82) is 0 Å². The van der Waals surface area contributed by atoms with Crippen LogP contribution >= 0.6 is 11.3 Å². The Labute approximate surface area is 133 Å². The highest BCUT2D eigenvalue weighted by molar-refractivity contribution is 7.09. The van der Waals surface area contributed by atoms with Crippen LogP contribution < -0.4 is 5.32 Å². The number of nitrogens with one attached hydrogen (secondary N) is 1. The second-order valence-corrected chi connectivity index (χ2v) is 6.17. The van der Waals surface area contributed by atoms with E-state index in [0.717, 1.165) is 16.8 Å². The lowest BCUT2D eigenvalue weighted by atomic mass is 10.1. The Morgan fingerprint density at radius 1 is 1.36 bits per heavy atom. The Kier molecular flexibility index (Phi) is 4.92. The summed E-state index contributed by atoms with van der Waals surface area (Å²) < 4.78 is 0. The summed E-state index contributed by atoms with van der Waals surface area (Å²) >= 11 is 1.31. The molecule has 1 aromatic heterocycles. The molecular weight excluding hydrogens is 300 g/mol. The Balaban J connectivity index is 2.10. The van der Waals surface area contributed by atoms with Crippen molar-refractivity contribution in [2.24, 2.45) is 0 Å². The van der Waals surface area contributed by atoms with Gasteiger partial charge in [-0.25, -0.2) is 4.98 Å². The van der Waals surface area contributed by atoms with Crippen LogP contribution in [0.2, 0.25) is 0 Å². The average Bonchev–Trinajstić information content (AvgIpc) is 2.89. The summed E-state index contributed by atoms with van der Waals surface area (Å²) in [5.74, 6) is -1.50. The summed E-state index contributed by atoms with van der Waals surface area (Å²) in [6.45, 7) is 5.68. The van der Waals surface area contributed by atoms with Gasteiger partial charge in [-0.3, -0.25) is 9.59 Å². The van der Waals surface area contributed by atoms with Crippen molar-refractivity contribution in [1.82, 2.24) is 4.98 Å². The fourth-order valence-electron chi connectivity index (χ4n) is 1.98. The molecule has 2 rings (SSSR count). The van der Waals surface area contributed by atoms with Crippen LogP contribution in [0.15, 0.2) is 23.6 Å². The van der Waals surface area contributed by atoms with E-state index >= 15 is 0 Å². The van der Waals surface area contributed by atoms with Crippen molar-refractivity contribution < 1.29 is 14.7 Å². The summed E-state index contributed by atoms with van der Waals surface area (Å²) in [4.78, 5) is 27.3. The third-order valence-electron chi connectivity index (χ3n) is 3.32. The number of carboxylic acid groups (broad SMARTS) is 1. The van der Waals surface area contributed by atoms with Crippen LogP contribution in [0, 0.1) is 13.8 Å².